The maximum atomic E-state index is 12.6. The highest BCUT2D eigenvalue weighted by atomic mass is 16.4. The number of nitrogens with one attached hydrogen (secondary N) is 1. The first-order valence-corrected chi connectivity index (χ1v) is 10.1. The van der Waals surface area contributed by atoms with Crippen LogP contribution in [0.2, 0.25) is 0 Å². The fourth-order valence-corrected chi connectivity index (χ4v) is 3.49. The molecule has 3 aromatic carbocycles. The van der Waals surface area contributed by atoms with E-state index in [1.165, 1.54) is 6.07 Å². The highest BCUT2D eigenvalue weighted by Gasteiger charge is 2.21. The number of benzene rings is 3. The van der Waals surface area contributed by atoms with Crippen LogP contribution in [-0.2, 0) is 11.2 Å². The molecule has 0 saturated heterocycles. The van der Waals surface area contributed by atoms with E-state index in [2.05, 4.69) is 5.32 Å². The number of carbonyl (C=O) groups excluding carboxylic acids is 1. The summed E-state index contributed by atoms with van der Waals surface area (Å²) < 4.78 is 5.87. The molecule has 0 fully saturated rings. The van der Waals surface area contributed by atoms with Gasteiger partial charge in [0.05, 0.1) is 5.39 Å². The second-order valence-corrected chi connectivity index (χ2v) is 7.61. The van der Waals surface area contributed by atoms with Gasteiger partial charge in [0.2, 0.25) is 0 Å². The van der Waals surface area contributed by atoms with E-state index in [-0.39, 0.29) is 11.8 Å². The molecule has 2 N–H and O–H groups in total. The molecule has 1 heterocycles. The Morgan fingerprint density at radius 1 is 0.969 bits per heavy atom. The number of hydrogen-bond donors (Lipinski definition) is 2. The molecule has 160 valence electrons. The largest absolute Gasteiger partial charge is 0.480 e. The second kappa shape index (κ2) is 8.89. The van der Waals surface area contributed by atoms with Gasteiger partial charge in [0, 0.05) is 23.6 Å². The smallest absolute Gasteiger partial charge is 0.326 e. The minimum atomic E-state index is -1.10. The van der Waals surface area contributed by atoms with Gasteiger partial charge in [0.15, 0.2) is 5.43 Å². The molecule has 4 aromatic rings. The maximum Gasteiger partial charge on any atom is 0.326 e. The summed E-state index contributed by atoms with van der Waals surface area (Å²) in [6.45, 7) is 1.91. The van der Waals surface area contributed by atoms with E-state index in [4.69, 9.17) is 4.42 Å². The number of carboxylic acid groups (broad SMARTS) is 1. The lowest BCUT2D eigenvalue weighted by molar-refractivity contribution is -0.139. The molecule has 1 amide bonds. The molecule has 0 aliphatic heterocycles. The van der Waals surface area contributed by atoms with Crippen LogP contribution in [0.5, 0.6) is 0 Å². The predicted octanol–water partition coefficient (Wildman–Crippen LogP) is 4.19. The van der Waals surface area contributed by atoms with Crippen molar-refractivity contribution in [2.75, 3.05) is 0 Å². The average molecular weight is 427 g/mol. The zero-order chi connectivity index (χ0) is 22.7. The molecule has 0 aliphatic rings. The number of rotatable bonds is 6. The molecule has 0 aliphatic carbocycles. The van der Waals surface area contributed by atoms with Gasteiger partial charge in [-0.15, -0.1) is 0 Å². The Morgan fingerprint density at radius 2 is 1.69 bits per heavy atom. The number of carbonyl (C=O) groups is 2. The Bertz CT molecular complexity index is 1340. The van der Waals surface area contributed by atoms with Gasteiger partial charge in [-0.3, -0.25) is 9.59 Å². The van der Waals surface area contributed by atoms with Crippen LogP contribution in [0, 0.1) is 6.92 Å². The van der Waals surface area contributed by atoms with Crippen molar-refractivity contribution < 1.29 is 19.1 Å². The fraction of sp³-hybridized carbons (Fsp3) is 0.115. The molecule has 1 atom stereocenters. The van der Waals surface area contributed by atoms with E-state index < -0.39 is 17.9 Å². The van der Waals surface area contributed by atoms with Crippen LogP contribution in [0.25, 0.3) is 22.3 Å². The van der Waals surface area contributed by atoms with Crippen molar-refractivity contribution in [2.24, 2.45) is 0 Å². The van der Waals surface area contributed by atoms with Crippen molar-refractivity contribution in [1.29, 1.82) is 0 Å². The molecule has 0 bridgehead atoms. The molecule has 1 aromatic heterocycles. The van der Waals surface area contributed by atoms with Crippen molar-refractivity contribution in [2.45, 2.75) is 19.4 Å². The number of amides is 1. The summed E-state index contributed by atoms with van der Waals surface area (Å²) in [6.07, 6.45) is 0.182. The van der Waals surface area contributed by atoms with Gasteiger partial charge in [-0.2, -0.15) is 0 Å². The van der Waals surface area contributed by atoms with Crippen LogP contribution < -0.4 is 10.7 Å². The van der Waals surface area contributed by atoms with Crippen LogP contribution in [0.3, 0.4) is 0 Å². The monoisotopic (exact) mass is 427 g/mol. The molecule has 0 spiro atoms. The zero-order valence-electron chi connectivity index (χ0n) is 17.4. The zero-order valence-corrected chi connectivity index (χ0v) is 17.4. The summed E-state index contributed by atoms with van der Waals surface area (Å²) in [5.41, 5.74) is 3.09. The Morgan fingerprint density at radius 3 is 2.38 bits per heavy atom. The predicted molar refractivity (Wildman–Crippen MR) is 122 cm³/mol. The molecule has 4 rings (SSSR count). The van der Waals surface area contributed by atoms with Crippen LogP contribution in [-0.4, -0.2) is 23.0 Å². The molecule has 0 radical (unpaired) electrons. The number of aliphatic carboxylic acids is 1. The summed E-state index contributed by atoms with van der Waals surface area (Å²) in [6, 6.07) is 21.4. The topological polar surface area (TPSA) is 96.6 Å². The SMILES string of the molecule is Cc1ccc2oc(-c3ccc(C(=O)NC(Cc4ccccc4)C(=O)O)cc3)cc(=O)c2c1. The highest BCUT2D eigenvalue weighted by molar-refractivity contribution is 5.97. The van der Waals surface area contributed by atoms with Crippen molar-refractivity contribution in [3.05, 3.63) is 106 Å². The van der Waals surface area contributed by atoms with Gasteiger partial charge in [-0.05, 0) is 36.8 Å². The van der Waals surface area contributed by atoms with E-state index in [0.29, 0.717) is 27.9 Å². The van der Waals surface area contributed by atoms with E-state index in [0.717, 1.165) is 11.1 Å². The molecule has 0 saturated carbocycles. The van der Waals surface area contributed by atoms with E-state index in [1.54, 1.807) is 36.4 Å². The summed E-state index contributed by atoms with van der Waals surface area (Å²) in [4.78, 5) is 36.7. The number of fused-ring (bicyclic) bond motifs is 1. The molecular formula is C26H21NO5. The Labute approximate surface area is 184 Å². The van der Waals surface area contributed by atoms with Crippen molar-refractivity contribution in [3.63, 3.8) is 0 Å². The molecule has 32 heavy (non-hydrogen) atoms. The number of carboxylic acids is 1. The van der Waals surface area contributed by atoms with Crippen LogP contribution in [0.4, 0.5) is 0 Å². The van der Waals surface area contributed by atoms with Crippen molar-refractivity contribution in [3.8, 4) is 11.3 Å². The minimum absolute atomic E-state index is 0.142. The van der Waals surface area contributed by atoms with E-state index >= 15 is 0 Å². The summed E-state index contributed by atoms with van der Waals surface area (Å²) in [5.74, 6) is -1.20. The van der Waals surface area contributed by atoms with E-state index in [1.807, 2.05) is 43.3 Å². The highest BCUT2D eigenvalue weighted by Crippen LogP contribution is 2.23. The van der Waals surface area contributed by atoms with Crippen LogP contribution in [0.15, 0.2) is 88.1 Å². The van der Waals surface area contributed by atoms with Gasteiger partial charge in [0.25, 0.3) is 5.91 Å². The van der Waals surface area contributed by atoms with Gasteiger partial charge in [0.1, 0.15) is 17.4 Å². The van der Waals surface area contributed by atoms with Gasteiger partial charge in [-0.1, -0.05) is 54.1 Å². The lowest BCUT2D eigenvalue weighted by atomic mass is 10.0. The molecule has 6 nitrogen and oxygen atoms in total. The van der Waals surface area contributed by atoms with Crippen molar-refractivity contribution >= 4 is 22.8 Å². The normalized spacial score (nSPS) is 11.8. The Kier molecular flexibility index (Phi) is 5.85. The summed E-state index contributed by atoms with van der Waals surface area (Å²) >= 11 is 0. The lowest BCUT2D eigenvalue weighted by Crippen LogP contribution is -2.42. The Balaban J connectivity index is 1.53. The van der Waals surface area contributed by atoms with Gasteiger partial charge < -0.3 is 14.8 Å². The maximum absolute atomic E-state index is 12.6. The molecule has 6 heteroatoms. The van der Waals surface area contributed by atoms with Crippen molar-refractivity contribution in [1.82, 2.24) is 5.32 Å². The average Bonchev–Trinajstić information content (AvgIpc) is 2.79. The second-order valence-electron chi connectivity index (χ2n) is 7.61. The number of hydrogen-bond acceptors (Lipinski definition) is 4. The van der Waals surface area contributed by atoms with Crippen LogP contribution in [0.1, 0.15) is 21.5 Å². The summed E-state index contributed by atoms with van der Waals surface area (Å²) in [7, 11) is 0. The van der Waals surface area contributed by atoms with Crippen LogP contribution >= 0.6 is 0 Å². The Hall–Kier alpha value is -4.19. The first kappa shape index (κ1) is 21.1. The lowest BCUT2D eigenvalue weighted by Gasteiger charge is -2.15. The van der Waals surface area contributed by atoms with E-state index in [9.17, 15) is 19.5 Å². The standard InChI is InChI=1S/C26H21NO5/c1-16-7-12-23-20(13-16)22(28)15-24(32-23)18-8-10-19(11-9-18)25(29)27-21(26(30)31)14-17-5-3-2-4-6-17/h2-13,15,21H,14H2,1H3,(H,27,29)(H,30,31). The fourth-order valence-electron chi connectivity index (χ4n) is 3.49. The summed E-state index contributed by atoms with van der Waals surface area (Å²) in [5, 5.41) is 12.6. The third-order valence-electron chi connectivity index (χ3n) is 5.20. The molecule has 1 unspecified atom stereocenters. The third kappa shape index (κ3) is 4.59. The first-order chi connectivity index (χ1) is 15.4. The third-order valence-corrected chi connectivity index (χ3v) is 5.20. The van der Waals surface area contributed by atoms with Gasteiger partial charge >= 0.3 is 5.97 Å². The molecular weight excluding hydrogens is 406 g/mol. The number of aryl methyl sites for hydroxylation is 1. The minimum Gasteiger partial charge on any atom is -0.480 e. The van der Waals surface area contributed by atoms with Gasteiger partial charge in [-0.25, -0.2) is 4.79 Å². The quantitative estimate of drug-likeness (QED) is 0.481. The first-order valence-electron chi connectivity index (χ1n) is 10.1.